The first-order valence-corrected chi connectivity index (χ1v) is 20.7. The number of hydrogen-bond donors (Lipinski definition) is 2. The quantitative estimate of drug-likeness (QED) is 0.239. The Kier molecular flexibility index (Phi) is 10.6. The fraction of sp³-hybridized carbons (Fsp3) is 0.537. The summed E-state index contributed by atoms with van der Waals surface area (Å²) in [5.41, 5.74) is 3.75. The predicted molar refractivity (Wildman–Crippen MR) is 219 cm³/mol. The summed E-state index contributed by atoms with van der Waals surface area (Å²) in [6.45, 7) is 13.3. The lowest BCUT2D eigenvalue weighted by Gasteiger charge is -2.43. The van der Waals surface area contributed by atoms with Gasteiger partial charge in [-0.1, -0.05) is 12.1 Å². The molecule has 0 bridgehead atoms. The zero-order chi connectivity index (χ0) is 39.9. The van der Waals surface area contributed by atoms with E-state index < -0.39 is 6.03 Å². The van der Waals surface area contributed by atoms with Crippen LogP contribution in [0.4, 0.5) is 28.2 Å². The van der Waals surface area contributed by atoms with Crippen LogP contribution in [0.25, 0.3) is 10.9 Å². The van der Waals surface area contributed by atoms with Crippen molar-refractivity contribution in [3.8, 4) is 0 Å². The van der Waals surface area contributed by atoms with Crippen molar-refractivity contribution >= 4 is 52.2 Å². The maximum absolute atomic E-state index is 13.1. The number of fused-ring (bicyclic) bond motifs is 2. The summed E-state index contributed by atoms with van der Waals surface area (Å²) in [6, 6.07) is 10.2. The Balaban J connectivity index is 0.785. The maximum Gasteiger partial charge on any atom is 0.342 e. The van der Waals surface area contributed by atoms with E-state index in [4.69, 9.17) is 19.8 Å². The van der Waals surface area contributed by atoms with Crippen LogP contribution < -0.4 is 20.4 Å². The molecule has 4 amide bonds. The molecular weight excluding hydrogens is 739 g/mol. The van der Waals surface area contributed by atoms with E-state index in [2.05, 4.69) is 65.9 Å². The normalized spacial score (nSPS) is 20.4. The number of amides is 4. The van der Waals surface area contributed by atoms with Gasteiger partial charge in [0.2, 0.25) is 11.9 Å². The van der Waals surface area contributed by atoms with Crippen molar-refractivity contribution in [3.05, 3.63) is 59.4 Å². The number of rotatable bonds is 10. The number of piperidine rings is 2. The molecule has 4 aromatic rings. The van der Waals surface area contributed by atoms with Crippen LogP contribution in [0.3, 0.4) is 0 Å². The van der Waals surface area contributed by atoms with E-state index in [1.807, 2.05) is 24.4 Å². The van der Waals surface area contributed by atoms with Crippen molar-refractivity contribution in [1.82, 2.24) is 49.9 Å². The topological polar surface area (TPSA) is 160 Å². The Bertz CT molecular complexity index is 2170. The van der Waals surface area contributed by atoms with Crippen LogP contribution in [0, 0.1) is 0 Å². The molecule has 58 heavy (non-hydrogen) atoms. The molecule has 1 aromatic carbocycles. The molecule has 0 radical (unpaired) electrons. The lowest BCUT2D eigenvalue weighted by molar-refractivity contribution is -0.123. The minimum Gasteiger partial charge on any atom is -0.381 e. The predicted octanol–water partition coefficient (Wildman–Crippen LogP) is 3.76. The lowest BCUT2D eigenvalue weighted by atomic mass is 10.0. The van der Waals surface area contributed by atoms with E-state index in [1.165, 1.54) is 10.0 Å². The van der Waals surface area contributed by atoms with Gasteiger partial charge in [-0.05, 0) is 62.8 Å². The molecule has 306 valence electrons. The largest absolute Gasteiger partial charge is 0.381 e. The molecule has 17 nitrogen and oxygen atoms in total. The number of carbonyl (C=O) groups excluding carboxylic acids is 3. The third-order valence-electron chi connectivity index (χ3n) is 12.4. The lowest BCUT2D eigenvalue weighted by Crippen LogP contribution is -2.56. The van der Waals surface area contributed by atoms with Gasteiger partial charge in [-0.15, -0.1) is 0 Å². The highest BCUT2D eigenvalue weighted by atomic mass is 16.5. The van der Waals surface area contributed by atoms with Gasteiger partial charge in [-0.25, -0.2) is 24.8 Å². The van der Waals surface area contributed by atoms with Crippen LogP contribution in [-0.4, -0.2) is 141 Å². The van der Waals surface area contributed by atoms with Gasteiger partial charge in [0.15, 0.2) is 5.82 Å². The first-order valence-electron chi connectivity index (χ1n) is 20.7. The maximum atomic E-state index is 13.1. The number of ether oxygens (including phenoxy) is 1. The van der Waals surface area contributed by atoms with Crippen LogP contribution in [-0.2, 0) is 22.6 Å². The van der Waals surface area contributed by atoms with Crippen molar-refractivity contribution in [3.63, 3.8) is 0 Å². The summed E-state index contributed by atoms with van der Waals surface area (Å²) in [4.78, 5) is 61.1. The van der Waals surface area contributed by atoms with Gasteiger partial charge in [0.05, 0.1) is 30.1 Å². The van der Waals surface area contributed by atoms with E-state index in [9.17, 15) is 14.4 Å². The molecule has 0 spiro atoms. The Morgan fingerprint density at radius 1 is 0.862 bits per heavy atom. The van der Waals surface area contributed by atoms with Crippen molar-refractivity contribution in [2.24, 2.45) is 0 Å². The van der Waals surface area contributed by atoms with Crippen LogP contribution in [0.5, 0.6) is 0 Å². The smallest absolute Gasteiger partial charge is 0.342 e. The second-order valence-corrected chi connectivity index (χ2v) is 16.3. The number of pyridine rings is 1. The van der Waals surface area contributed by atoms with E-state index in [1.54, 1.807) is 13.3 Å². The molecule has 4 fully saturated rings. The zero-order valence-corrected chi connectivity index (χ0v) is 33.6. The number of anilines is 4. The van der Waals surface area contributed by atoms with Gasteiger partial charge in [-0.3, -0.25) is 29.4 Å². The van der Waals surface area contributed by atoms with Crippen molar-refractivity contribution in [2.75, 3.05) is 81.1 Å². The Morgan fingerprint density at radius 2 is 1.64 bits per heavy atom. The monoisotopic (exact) mass is 791 g/mol. The number of carbonyl (C=O) groups is 3. The standard InChI is InChI=1S/C41H53N13O4/c1-27(2)54-34-23-36(44-35-6-12-42-40(45-35)51-15-9-31(58-3)10-16-51)43-24-33(34)38(47-54)50-13-7-30(8-14-50)49-20-18-48(19-21-49)25-28-4-5-32-29(22-28)26-53(39(32)56)52-17-11-37(55)46-41(52)57/h4-6,12,22-24,27,30-31H,7-11,13-21,25-26H2,1-3H3,(H,46,55,57)(H,42,43,44,45). The number of urea groups is 1. The molecule has 8 heterocycles. The van der Waals surface area contributed by atoms with E-state index in [0.717, 1.165) is 124 Å². The number of piperazine rings is 1. The van der Waals surface area contributed by atoms with E-state index in [0.29, 0.717) is 30.1 Å². The molecular formula is C41H53N13O4. The zero-order valence-electron chi connectivity index (χ0n) is 33.6. The number of hydrogen-bond acceptors (Lipinski definition) is 13. The SMILES string of the molecule is COC1CCN(c2nccc(Nc3cc4c(cn3)c(N3CCC(N5CCN(Cc6ccc7c(c6)CN(N6CCC(=O)NC6=O)C7=O)CC5)CC3)nn4C(C)C)n2)CC1. The van der Waals surface area contributed by atoms with Crippen LogP contribution in [0.15, 0.2) is 42.7 Å². The first kappa shape index (κ1) is 38.1. The summed E-state index contributed by atoms with van der Waals surface area (Å²) >= 11 is 0. The Morgan fingerprint density at radius 3 is 2.38 bits per heavy atom. The second kappa shape index (κ2) is 16.1. The molecule has 5 aliphatic rings. The number of benzene rings is 1. The van der Waals surface area contributed by atoms with Crippen LogP contribution in [0.2, 0.25) is 0 Å². The summed E-state index contributed by atoms with van der Waals surface area (Å²) < 4.78 is 7.65. The number of methoxy groups -OCH3 is 1. The van der Waals surface area contributed by atoms with Gasteiger partial charge in [0, 0.05) is 109 Å². The molecule has 5 aliphatic heterocycles. The highest BCUT2D eigenvalue weighted by Gasteiger charge is 2.37. The van der Waals surface area contributed by atoms with Crippen molar-refractivity contribution in [2.45, 2.75) is 77.2 Å². The second-order valence-electron chi connectivity index (χ2n) is 16.3. The fourth-order valence-corrected chi connectivity index (χ4v) is 9.13. The van der Waals surface area contributed by atoms with Gasteiger partial charge in [0.1, 0.15) is 11.6 Å². The molecule has 4 saturated heterocycles. The van der Waals surface area contributed by atoms with Gasteiger partial charge < -0.3 is 19.9 Å². The number of imide groups is 1. The van der Waals surface area contributed by atoms with Gasteiger partial charge in [-0.2, -0.15) is 10.1 Å². The highest BCUT2D eigenvalue weighted by molar-refractivity contribution is 6.02. The molecule has 0 unspecified atom stereocenters. The van der Waals surface area contributed by atoms with Crippen LogP contribution >= 0.6 is 0 Å². The number of aromatic nitrogens is 5. The molecule has 17 heteroatoms. The molecule has 2 N–H and O–H groups in total. The molecule has 0 aliphatic carbocycles. The van der Waals surface area contributed by atoms with Crippen molar-refractivity contribution < 1.29 is 19.1 Å². The Labute approximate surface area is 338 Å². The average molecular weight is 792 g/mol. The van der Waals surface area contributed by atoms with E-state index in [-0.39, 0.29) is 30.8 Å². The number of hydrazine groups is 1. The van der Waals surface area contributed by atoms with Gasteiger partial charge in [0.25, 0.3) is 5.91 Å². The van der Waals surface area contributed by atoms with Crippen molar-refractivity contribution in [1.29, 1.82) is 0 Å². The number of nitrogens with zero attached hydrogens (tertiary/aromatic N) is 11. The highest BCUT2D eigenvalue weighted by Crippen LogP contribution is 2.33. The summed E-state index contributed by atoms with van der Waals surface area (Å²) in [5, 5.41) is 14.8. The average Bonchev–Trinajstić information content (AvgIpc) is 3.78. The molecule has 9 rings (SSSR count). The fourth-order valence-electron chi connectivity index (χ4n) is 9.13. The molecule has 0 saturated carbocycles. The summed E-state index contributed by atoms with van der Waals surface area (Å²) in [7, 11) is 1.78. The molecule has 0 atom stereocenters. The minimum absolute atomic E-state index is 0.184. The summed E-state index contributed by atoms with van der Waals surface area (Å²) in [6.07, 6.45) is 8.33. The third-order valence-corrected chi connectivity index (χ3v) is 12.4. The van der Waals surface area contributed by atoms with E-state index >= 15 is 0 Å². The molecule has 3 aromatic heterocycles. The minimum atomic E-state index is -0.541. The third kappa shape index (κ3) is 7.65. The van der Waals surface area contributed by atoms with Crippen LogP contribution in [0.1, 0.15) is 73.5 Å². The summed E-state index contributed by atoms with van der Waals surface area (Å²) in [5.74, 6) is 2.65. The Hall–Kier alpha value is -5.39. The first-order chi connectivity index (χ1) is 28.2. The number of nitrogens with one attached hydrogen (secondary N) is 2. The van der Waals surface area contributed by atoms with Gasteiger partial charge >= 0.3 is 6.03 Å².